The van der Waals surface area contributed by atoms with Crippen LogP contribution in [0.15, 0.2) is 85.1 Å². The minimum absolute atomic E-state index is 0.0848. The first-order chi connectivity index (χ1) is 40.0. The fourth-order valence-electron chi connectivity index (χ4n) is 10.1. The molecule has 0 amide bonds. The number of rotatable bonds is 64. The minimum Gasteiger partial charge on any atom is -0.462 e. The number of esters is 3. The van der Waals surface area contributed by atoms with Crippen molar-refractivity contribution in [2.45, 2.75) is 361 Å². The molecule has 0 saturated carbocycles. The Labute approximate surface area is 503 Å². The van der Waals surface area contributed by atoms with Gasteiger partial charge in [0.15, 0.2) is 6.10 Å². The van der Waals surface area contributed by atoms with Crippen molar-refractivity contribution in [2.24, 2.45) is 0 Å². The van der Waals surface area contributed by atoms with E-state index in [0.717, 1.165) is 116 Å². The average Bonchev–Trinajstić information content (AvgIpc) is 3.47. The molecule has 0 spiro atoms. The molecule has 0 rings (SSSR count). The van der Waals surface area contributed by atoms with Gasteiger partial charge >= 0.3 is 17.9 Å². The number of hydrogen-bond acceptors (Lipinski definition) is 6. The molecule has 0 radical (unpaired) electrons. The lowest BCUT2D eigenvalue weighted by Gasteiger charge is -2.18. The molecule has 0 aromatic carbocycles. The van der Waals surface area contributed by atoms with Gasteiger partial charge in [0.2, 0.25) is 0 Å². The lowest BCUT2D eigenvalue weighted by atomic mass is 10.0. The quantitative estimate of drug-likeness (QED) is 0.0261. The standard InChI is InChI=1S/C75H132O6/c1-4-7-10-13-16-19-22-25-28-30-32-33-34-35-36-37-38-39-40-41-43-44-47-50-53-56-59-62-65-68-74(77)80-71-72(70-79-73(76)67-64-61-58-55-52-49-46-27-24-21-18-15-12-9-6-3)81-75(78)69-66-63-60-57-54-51-48-45-42-31-29-26-23-20-17-14-11-8-5-2/h8,11,17-18,20-21,26-27,29-30,32,42,45-46,72H,4-7,9-10,12-16,19,22-25,28,31,33-41,43-44,47-71H2,1-3H3/b11-8-,20-17-,21-18-,29-26-,32-30-,45-42-,46-27-. The smallest absolute Gasteiger partial charge is 0.306 e. The molecule has 468 valence electrons. The summed E-state index contributed by atoms with van der Waals surface area (Å²) in [5, 5.41) is 0. The van der Waals surface area contributed by atoms with Gasteiger partial charge in [-0.15, -0.1) is 0 Å². The Morgan fingerprint density at radius 2 is 0.481 bits per heavy atom. The summed E-state index contributed by atoms with van der Waals surface area (Å²) in [6.45, 7) is 6.52. The number of ether oxygens (including phenoxy) is 3. The summed E-state index contributed by atoms with van der Waals surface area (Å²) in [7, 11) is 0. The molecular weight excluding hydrogens is 997 g/mol. The maximum Gasteiger partial charge on any atom is 0.306 e. The van der Waals surface area contributed by atoms with E-state index in [4.69, 9.17) is 14.2 Å². The molecule has 1 atom stereocenters. The molecule has 6 nitrogen and oxygen atoms in total. The van der Waals surface area contributed by atoms with Gasteiger partial charge in [-0.25, -0.2) is 0 Å². The molecule has 0 fully saturated rings. The first kappa shape index (κ1) is 77.6. The van der Waals surface area contributed by atoms with Gasteiger partial charge in [0.25, 0.3) is 0 Å². The Hall–Kier alpha value is -3.41. The summed E-state index contributed by atoms with van der Waals surface area (Å²) >= 11 is 0. The Kier molecular flexibility index (Phi) is 66.2. The van der Waals surface area contributed by atoms with Crippen molar-refractivity contribution in [2.75, 3.05) is 13.2 Å². The number of hydrogen-bond donors (Lipinski definition) is 0. The summed E-state index contributed by atoms with van der Waals surface area (Å²) in [5.41, 5.74) is 0. The molecule has 81 heavy (non-hydrogen) atoms. The van der Waals surface area contributed by atoms with Crippen molar-refractivity contribution < 1.29 is 28.6 Å². The first-order valence-corrected chi connectivity index (χ1v) is 35.1. The van der Waals surface area contributed by atoms with Crippen molar-refractivity contribution in [1.82, 2.24) is 0 Å². The fraction of sp³-hybridized carbons (Fsp3) is 0.773. The predicted molar refractivity (Wildman–Crippen MR) is 353 cm³/mol. The second-order valence-electron chi connectivity index (χ2n) is 23.4. The molecule has 0 aliphatic rings. The van der Waals surface area contributed by atoms with Crippen LogP contribution in [0.5, 0.6) is 0 Å². The van der Waals surface area contributed by atoms with Crippen LogP contribution in [0.4, 0.5) is 0 Å². The second-order valence-corrected chi connectivity index (χ2v) is 23.4. The van der Waals surface area contributed by atoms with E-state index in [1.807, 2.05) is 0 Å². The molecular formula is C75H132O6. The first-order valence-electron chi connectivity index (χ1n) is 35.1. The van der Waals surface area contributed by atoms with Crippen molar-refractivity contribution in [1.29, 1.82) is 0 Å². The topological polar surface area (TPSA) is 78.9 Å². The van der Waals surface area contributed by atoms with Crippen molar-refractivity contribution in [3.05, 3.63) is 85.1 Å². The zero-order valence-electron chi connectivity index (χ0n) is 53.8. The van der Waals surface area contributed by atoms with Crippen LogP contribution in [0.1, 0.15) is 355 Å². The van der Waals surface area contributed by atoms with E-state index in [1.54, 1.807) is 0 Å². The van der Waals surface area contributed by atoms with Crippen LogP contribution >= 0.6 is 0 Å². The molecule has 0 aliphatic heterocycles. The maximum atomic E-state index is 12.9. The molecule has 1 unspecified atom stereocenters. The molecule has 0 aromatic rings. The summed E-state index contributed by atoms with van der Waals surface area (Å²) in [6, 6.07) is 0. The summed E-state index contributed by atoms with van der Waals surface area (Å²) in [5.74, 6) is -0.897. The lowest BCUT2D eigenvalue weighted by Crippen LogP contribution is -2.30. The zero-order chi connectivity index (χ0) is 58.5. The lowest BCUT2D eigenvalue weighted by molar-refractivity contribution is -0.167. The summed E-state index contributed by atoms with van der Waals surface area (Å²) < 4.78 is 17.0. The summed E-state index contributed by atoms with van der Waals surface area (Å²) in [4.78, 5) is 38.4. The Morgan fingerprint density at radius 3 is 0.790 bits per heavy atom. The van der Waals surface area contributed by atoms with Gasteiger partial charge in [-0.3, -0.25) is 14.4 Å². The predicted octanol–water partition coefficient (Wildman–Crippen LogP) is 24.2. The van der Waals surface area contributed by atoms with Gasteiger partial charge in [0.1, 0.15) is 13.2 Å². The van der Waals surface area contributed by atoms with Gasteiger partial charge < -0.3 is 14.2 Å². The molecule has 0 heterocycles. The molecule has 0 bridgehead atoms. The Balaban J connectivity index is 4.27. The third-order valence-corrected chi connectivity index (χ3v) is 15.4. The highest BCUT2D eigenvalue weighted by molar-refractivity contribution is 5.71. The van der Waals surface area contributed by atoms with E-state index >= 15 is 0 Å². The highest BCUT2D eigenvalue weighted by atomic mass is 16.6. The average molecular weight is 1130 g/mol. The van der Waals surface area contributed by atoms with E-state index in [0.29, 0.717) is 19.3 Å². The minimum atomic E-state index is -0.792. The largest absolute Gasteiger partial charge is 0.462 e. The van der Waals surface area contributed by atoms with Crippen molar-refractivity contribution >= 4 is 17.9 Å². The fourth-order valence-corrected chi connectivity index (χ4v) is 10.1. The van der Waals surface area contributed by atoms with Crippen LogP contribution in [-0.4, -0.2) is 37.2 Å². The maximum absolute atomic E-state index is 12.9. The van der Waals surface area contributed by atoms with Gasteiger partial charge in [-0.2, -0.15) is 0 Å². The number of allylic oxidation sites excluding steroid dienone is 14. The second kappa shape index (κ2) is 69.1. The van der Waals surface area contributed by atoms with E-state index < -0.39 is 6.10 Å². The Morgan fingerprint density at radius 1 is 0.259 bits per heavy atom. The third kappa shape index (κ3) is 67.3. The summed E-state index contributed by atoms with van der Waals surface area (Å²) in [6.07, 6.45) is 91.8. The van der Waals surface area contributed by atoms with Gasteiger partial charge in [0.05, 0.1) is 0 Å². The normalized spacial score (nSPS) is 12.6. The zero-order valence-corrected chi connectivity index (χ0v) is 53.8. The highest BCUT2D eigenvalue weighted by Crippen LogP contribution is 2.17. The number of unbranched alkanes of at least 4 members (excludes halogenated alkanes) is 39. The SMILES string of the molecule is CC/C=C\C/C=C\C/C=C\C/C=C\CCCCCCCCC(=O)OC(COC(=O)CCCCCCC/C=C\C/C=C\CCCCC)COC(=O)CCCCCCCCCCCCCCCCCCC/C=C\CCCCCCCCCC. The van der Waals surface area contributed by atoms with Crippen LogP contribution in [-0.2, 0) is 28.6 Å². The molecule has 0 N–H and O–H groups in total. The van der Waals surface area contributed by atoms with Crippen LogP contribution in [0, 0.1) is 0 Å². The van der Waals surface area contributed by atoms with Crippen LogP contribution in [0.3, 0.4) is 0 Å². The van der Waals surface area contributed by atoms with E-state index in [2.05, 4.69) is 106 Å². The highest BCUT2D eigenvalue weighted by Gasteiger charge is 2.19. The van der Waals surface area contributed by atoms with E-state index in [9.17, 15) is 14.4 Å². The molecule has 0 aliphatic carbocycles. The van der Waals surface area contributed by atoms with Crippen LogP contribution < -0.4 is 0 Å². The molecule has 0 saturated heterocycles. The van der Waals surface area contributed by atoms with Crippen LogP contribution in [0.2, 0.25) is 0 Å². The van der Waals surface area contributed by atoms with E-state index in [-0.39, 0.29) is 31.1 Å². The Bertz CT molecular complexity index is 1530. The van der Waals surface area contributed by atoms with Crippen molar-refractivity contribution in [3.63, 3.8) is 0 Å². The van der Waals surface area contributed by atoms with Gasteiger partial charge in [0, 0.05) is 19.3 Å². The van der Waals surface area contributed by atoms with Gasteiger partial charge in [-0.1, -0.05) is 305 Å². The molecule has 0 aromatic heterocycles. The van der Waals surface area contributed by atoms with Crippen LogP contribution in [0.25, 0.3) is 0 Å². The molecule has 6 heteroatoms. The monoisotopic (exact) mass is 1130 g/mol. The van der Waals surface area contributed by atoms with Gasteiger partial charge in [-0.05, 0) is 116 Å². The van der Waals surface area contributed by atoms with Crippen molar-refractivity contribution in [3.8, 4) is 0 Å². The number of carbonyl (C=O) groups is 3. The van der Waals surface area contributed by atoms with E-state index in [1.165, 1.54) is 199 Å². The third-order valence-electron chi connectivity index (χ3n) is 15.4. The number of carbonyl (C=O) groups excluding carboxylic acids is 3.